The first-order chi connectivity index (χ1) is 11.3. The molecule has 0 aliphatic heterocycles. The molecule has 4 aliphatic carbocycles. The molecule has 24 heavy (non-hydrogen) atoms. The van der Waals surface area contributed by atoms with E-state index in [1.807, 2.05) is 0 Å². The highest BCUT2D eigenvalue weighted by Crippen LogP contribution is 2.66. The lowest BCUT2D eigenvalue weighted by Gasteiger charge is -2.61. The Balaban J connectivity index is 1.60. The first kappa shape index (κ1) is 17.2. The third-order valence-electron chi connectivity index (χ3n) is 8.96. The van der Waals surface area contributed by atoms with Gasteiger partial charge in [0, 0.05) is 5.38 Å². The van der Waals surface area contributed by atoms with Crippen molar-refractivity contribution < 1.29 is 10.2 Å². The molecule has 0 saturated heterocycles. The Morgan fingerprint density at radius 2 is 1.67 bits per heavy atom. The van der Waals surface area contributed by atoms with Gasteiger partial charge < -0.3 is 10.2 Å². The van der Waals surface area contributed by atoms with Crippen molar-refractivity contribution in [3.63, 3.8) is 0 Å². The highest BCUT2D eigenvalue weighted by atomic mass is 35.5. The molecule has 0 spiro atoms. The molecule has 0 aromatic rings. The number of halogens is 1. The summed E-state index contributed by atoms with van der Waals surface area (Å²) in [5, 5.41) is 23.7. The van der Waals surface area contributed by atoms with Crippen LogP contribution in [0.25, 0.3) is 0 Å². The van der Waals surface area contributed by atoms with Crippen molar-refractivity contribution in [2.75, 3.05) is 0 Å². The van der Waals surface area contributed by atoms with Gasteiger partial charge in [0.1, 0.15) is 5.60 Å². The predicted octanol–water partition coefficient (Wildman–Crippen LogP) is 4.32. The van der Waals surface area contributed by atoms with Gasteiger partial charge in [-0.2, -0.15) is 0 Å². The highest BCUT2D eigenvalue weighted by Gasteiger charge is 2.61. The minimum Gasteiger partial charge on any atom is -0.393 e. The lowest BCUT2D eigenvalue weighted by Crippen LogP contribution is -2.56. The van der Waals surface area contributed by atoms with Crippen LogP contribution in [0.5, 0.6) is 0 Å². The second-order valence-electron chi connectivity index (χ2n) is 9.75. The average Bonchev–Trinajstić information content (AvgIpc) is 2.84. The van der Waals surface area contributed by atoms with E-state index >= 15 is 0 Å². The van der Waals surface area contributed by atoms with E-state index in [4.69, 9.17) is 11.6 Å². The van der Waals surface area contributed by atoms with E-state index in [1.165, 1.54) is 32.1 Å². The van der Waals surface area contributed by atoms with Gasteiger partial charge in [0.05, 0.1) is 6.10 Å². The molecular weight excluding hydrogens is 320 g/mol. The molecule has 3 heteroatoms. The molecule has 0 heterocycles. The van der Waals surface area contributed by atoms with Crippen LogP contribution in [0.1, 0.15) is 71.6 Å². The third-order valence-corrected chi connectivity index (χ3v) is 9.05. The summed E-state index contributed by atoms with van der Waals surface area (Å²) < 4.78 is 0. The molecule has 4 aliphatic rings. The zero-order chi connectivity index (χ0) is 17.2. The van der Waals surface area contributed by atoms with Gasteiger partial charge in [-0.15, -0.1) is 0 Å². The summed E-state index contributed by atoms with van der Waals surface area (Å²) >= 11 is 5.59. The summed E-state index contributed by atoms with van der Waals surface area (Å²) in [7, 11) is 0. The van der Waals surface area contributed by atoms with Crippen LogP contribution in [0.15, 0.2) is 0 Å². The lowest BCUT2D eigenvalue weighted by atomic mass is 9.44. The fraction of sp³-hybridized carbons (Fsp3) is 0.905. The van der Waals surface area contributed by atoms with Crippen LogP contribution in [0.2, 0.25) is 0 Å². The van der Waals surface area contributed by atoms with Gasteiger partial charge in [0.2, 0.25) is 0 Å². The molecule has 2 N–H and O–H groups in total. The van der Waals surface area contributed by atoms with E-state index in [2.05, 4.69) is 25.1 Å². The molecule has 8 atom stereocenters. The molecule has 134 valence electrons. The van der Waals surface area contributed by atoms with E-state index in [9.17, 15) is 10.2 Å². The molecule has 0 amide bonds. The Morgan fingerprint density at radius 3 is 2.42 bits per heavy atom. The number of hydrogen-bond donors (Lipinski definition) is 2. The summed E-state index contributed by atoms with van der Waals surface area (Å²) in [6, 6.07) is 0. The Hall–Kier alpha value is -0.230. The SMILES string of the molecule is C[C@]12CC[C@@](O)(C#CCl)C[C@@H]1CC[C@H]1[C@H]2CC[C@@]2(C)[C@H](O)CC[C@H]12. The van der Waals surface area contributed by atoms with E-state index in [-0.39, 0.29) is 11.5 Å². The molecule has 0 aromatic heterocycles. The van der Waals surface area contributed by atoms with E-state index in [0.29, 0.717) is 17.3 Å². The zero-order valence-electron chi connectivity index (χ0n) is 15.0. The quantitative estimate of drug-likeness (QED) is 0.639. The average molecular weight is 351 g/mol. The summed E-state index contributed by atoms with van der Waals surface area (Å²) in [5.74, 6) is 5.66. The Morgan fingerprint density at radius 1 is 0.917 bits per heavy atom. The van der Waals surface area contributed by atoms with Gasteiger partial charge in [-0.1, -0.05) is 19.8 Å². The number of aliphatic hydroxyl groups excluding tert-OH is 1. The molecule has 4 saturated carbocycles. The molecule has 0 bridgehead atoms. The van der Waals surface area contributed by atoms with E-state index < -0.39 is 5.60 Å². The van der Waals surface area contributed by atoms with Gasteiger partial charge in [-0.25, -0.2) is 0 Å². The van der Waals surface area contributed by atoms with Crippen molar-refractivity contribution in [3.05, 3.63) is 0 Å². The highest BCUT2D eigenvalue weighted by molar-refractivity contribution is 6.30. The summed E-state index contributed by atoms with van der Waals surface area (Å²) in [4.78, 5) is 0. The molecule has 0 aromatic carbocycles. The minimum absolute atomic E-state index is 0.0931. The monoisotopic (exact) mass is 350 g/mol. The summed E-state index contributed by atoms with van der Waals surface area (Å²) in [6.07, 6.45) is 9.61. The molecule has 4 rings (SSSR count). The van der Waals surface area contributed by atoms with Crippen molar-refractivity contribution in [2.24, 2.45) is 34.5 Å². The van der Waals surface area contributed by atoms with Crippen molar-refractivity contribution in [1.29, 1.82) is 0 Å². The van der Waals surface area contributed by atoms with Crippen LogP contribution in [0.4, 0.5) is 0 Å². The topological polar surface area (TPSA) is 40.5 Å². The van der Waals surface area contributed by atoms with Crippen LogP contribution in [-0.2, 0) is 0 Å². The third kappa shape index (κ3) is 2.31. The largest absolute Gasteiger partial charge is 0.393 e. The van der Waals surface area contributed by atoms with Crippen molar-refractivity contribution in [2.45, 2.75) is 83.3 Å². The predicted molar refractivity (Wildman–Crippen MR) is 96.3 cm³/mol. The van der Waals surface area contributed by atoms with Crippen LogP contribution in [-0.4, -0.2) is 21.9 Å². The second kappa shape index (κ2) is 5.63. The molecule has 2 nitrogen and oxygen atoms in total. The second-order valence-corrected chi connectivity index (χ2v) is 9.94. The maximum atomic E-state index is 10.8. The van der Waals surface area contributed by atoms with Crippen LogP contribution in [0, 0.1) is 45.8 Å². The number of fused-ring (bicyclic) bond motifs is 5. The van der Waals surface area contributed by atoms with E-state index in [1.54, 1.807) is 0 Å². The molecule has 0 unspecified atom stereocenters. The van der Waals surface area contributed by atoms with E-state index in [0.717, 1.165) is 37.5 Å². The standard InChI is InChI=1S/C21H31ClO2/c1-19-9-10-21(24,11-12-22)13-14(19)3-4-15-16-5-6-18(23)20(16,2)8-7-17(15)19/h14-18,23-24H,3-10,13H2,1-2H3/t14-,15+,16+,17+,18+,19-,20+,21+/m0/s1. The Bertz CT molecular complexity index is 580. The Labute approximate surface area is 151 Å². The van der Waals surface area contributed by atoms with Gasteiger partial charge in [0.25, 0.3) is 0 Å². The normalized spacial score (nSPS) is 56.5. The van der Waals surface area contributed by atoms with Crippen molar-refractivity contribution in [1.82, 2.24) is 0 Å². The number of aliphatic hydroxyl groups is 2. The first-order valence-electron chi connectivity index (χ1n) is 9.86. The summed E-state index contributed by atoms with van der Waals surface area (Å²) in [5.41, 5.74) is -0.382. The summed E-state index contributed by atoms with van der Waals surface area (Å²) in [6.45, 7) is 4.83. The molecular formula is C21H31ClO2. The van der Waals surface area contributed by atoms with Gasteiger partial charge in [-0.3, -0.25) is 0 Å². The van der Waals surface area contributed by atoms with Crippen molar-refractivity contribution in [3.8, 4) is 11.3 Å². The minimum atomic E-state index is -0.870. The maximum absolute atomic E-state index is 10.8. The molecule has 4 fully saturated rings. The van der Waals surface area contributed by atoms with Gasteiger partial charge in [0.15, 0.2) is 0 Å². The van der Waals surface area contributed by atoms with Crippen LogP contribution < -0.4 is 0 Å². The fourth-order valence-electron chi connectivity index (χ4n) is 7.42. The van der Waals surface area contributed by atoms with Crippen molar-refractivity contribution >= 4 is 11.6 Å². The number of hydrogen-bond acceptors (Lipinski definition) is 2. The molecule has 0 radical (unpaired) electrons. The Kier molecular flexibility index (Phi) is 4.04. The van der Waals surface area contributed by atoms with Crippen LogP contribution >= 0.6 is 11.6 Å². The smallest absolute Gasteiger partial charge is 0.127 e. The van der Waals surface area contributed by atoms with Gasteiger partial charge in [-0.05, 0) is 104 Å². The fourth-order valence-corrected chi connectivity index (χ4v) is 7.60. The first-order valence-corrected chi connectivity index (χ1v) is 10.2. The van der Waals surface area contributed by atoms with Gasteiger partial charge >= 0.3 is 0 Å². The number of rotatable bonds is 0. The van der Waals surface area contributed by atoms with Crippen LogP contribution in [0.3, 0.4) is 0 Å². The zero-order valence-corrected chi connectivity index (χ0v) is 15.8. The maximum Gasteiger partial charge on any atom is 0.127 e. The lowest BCUT2D eigenvalue weighted by molar-refractivity contribution is -0.143.